The highest BCUT2D eigenvalue weighted by atomic mass is 32.1. The number of carbonyl (C=O) groups excluding carboxylic acids is 1. The summed E-state index contributed by atoms with van der Waals surface area (Å²) in [6, 6.07) is 15.5. The number of nitrogens with zero attached hydrogens (tertiary/aromatic N) is 1. The van der Waals surface area contributed by atoms with Crippen LogP contribution in [-0.2, 0) is 19.4 Å². The smallest absolute Gasteiger partial charge is 0.253 e. The Labute approximate surface area is 236 Å². The Kier molecular flexibility index (Phi) is 7.00. The van der Waals surface area contributed by atoms with Crippen molar-refractivity contribution in [2.75, 3.05) is 27.9 Å². The maximum atomic E-state index is 13.9. The van der Waals surface area contributed by atoms with E-state index in [1.54, 1.807) is 32.7 Å². The molecule has 0 spiro atoms. The van der Waals surface area contributed by atoms with Crippen LogP contribution in [0.5, 0.6) is 17.2 Å². The maximum Gasteiger partial charge on any atom is 0.253 e. The molecular weight excluding hydrogens is 526 g/mol. The quantitative estimate of drug-likeness (QED) is 0.229. The first kappa shape index (κ1) is 26.0. The molecule has 0 bridgehead atoms. The van der Waals surface area contributed by atoms with Gasteiger partial charge in [0.2, 0.25) is 5.75 Å². The highest BCUT2D eigenvalue weighted by Gasteiger charge is 2.31. The molecule has 206 valence electrons. The molecule has 40 heavy (non-hydrogen) atoms. The molecule has 1 aliphatic rings. The summed E-state index contributed by atoms with van der Waals surface area (Å²) in [4.78, 5) is 18.2. The van der Waals surface area contributed by atoms with Crippen molar-refractivity contribution in [3.63, 3.8) is 0 Å². The highest BCUT2D eigenvalue weighted by Crippen LogP contribution is 2.49. The number of carbonyl (C=O) groups is 1. The first-order chi connectivity index (χ1) is 19.6. The minimum atomic E-state index is -0.448. The molecule has 3 aromatic heterocycles. The second-order valence-electron chi connectivity index (χ2n) is 9.76. The number of para-hydroxylation sites is 1. The van der Waals surface area contributed by atoms with E-state index in [0.717, 1.165) is 43.9 Å². The Morgan fingerprint density at radius 2 is 1.93 bits per heavy atom. The second-order valence-corrected chi connectivity index (χ2v) is 10.7. The molecule has 1 atom stereocenters. The minimum Gasteiger partial charge on any atom is -0.493 e. The van der Waals surface area contributed by atoms with Crippen LogP contribution in [0.1, 0.15) is 21.5 Å². The number of hydrogen-bond acceptors (Lipinski definition) is 6. The van der Waals surface area contributed by atoms with Crippen molar-refractivity contribution in [1.29, 1.82) is 0 Å². The van der Waals surface area contributed by atoms with Gasteiger partial charge in [0.15, 0.2) is 11.5 Å². The van der Waals surface area contributed by atoms with Crippen LogP contribution in [0, 0.1) is 0 Å². The number of aliphatic hydroxyl groups is 1. The minimum absolute atomic E-state index is 0.176. The van der Waals surface area contributed by atoms with Gasteiger partial charge in [-0.2, -0.15) is 0 Å². The molecule has 1 aliphatic heterocycles. The summed E-state index contributed by atoms with van der Waals surface area (Å²) >= 11 is 1.59. The SMILES string of the molecule is COc1cc2c(c(OC)c1OC)CCn1c-2cc(C(=O)NC(CO)Cc2c[nH]c3ccccc23)c1-c1cccs1. The number of thiophene rings is 1. The lowest BCUT2D eigenvalue weighted by atomic mass is 9.96. The van der Waals surface area contributed by atoms with Crippen molar-refractivity contribution in [3.8, 4) is 39.1 Å². The zero-order chi connectivity index (χ0) is 27.8. The summed E-state index contributed by atoms with van der Waals surface area (Å²) in [7, 11) is 4.83. The summed E-state index contributed by atoms with van der Waals surface area (Å²) in [5.74, 6) is 1.55. The zero-order valence-electron chi connectivity index (χ0n) is 22.6. The van der Waals surface area contributed by atoms with Gasteiger partial charge in [-0.05, 0) is 48.1 Å². The number of fused-ring (bicyclic) bond motifs is 4. The number of H-pyrrole nitrogens is 1. The van der Waals surface area contributed by atoms with Crippen LogP contribution in [0.3, 0.4) is 0 Å². The van der Waals surface area contributed by atoms with Crippen LogP contribution in [0.15, 0.2) is 60.1 Å². The van der Waals surface area contributed by atoms with Crippen LogP contribution < -0.4 is 19.5 Å². The van der Waals surface area contributed by atoms with Gasteiger partial charge in [-0.1, -0.05) is 24.3 Å². The summed E-state index contributed by atoms with van der Waals surface area (Å²) in [6.07, 6.45) is 3.16. The number of hydrogen-bond donors (Lipinski definition) is 3. The average molecular weight is 558 g/mol. The van der Waals surface area contributed by atoms with Crippen molar-refractivity contribution in [1.82, 2.24) is 14.9 Å². The number of aromatic nitrogens is 2. The van der Waals surface area contributed by atoms with E-state index >= 15 is 0 Å². The second kappa shape index (κ2) is 10.7. The van der Waals surface area contributed by atoms with E-state index in [1.165, 1.54) is 0 Å². The summed E-state index contributed by atoms with van der Waals surface area (Å²) in [6.45, 7) is 0.498. The Balaban J connectivity index is 1.40. The largest absolute Gasteiger partial charge is 0.493 e. The number of nitrogens with one attached hydrogen (secondary N) is 2. The number of rotatable bonds is 9. The van der Waals surface area contributed by atoms with Gasteiger partial charge in [0.1, 0.15) is 0 Å². The molecule has 0 saturated carbocycles. The molecule has 9 heteroatoms. The van der Waals surface area contributed by atoms with E-state index in [-0.39, 0.29) is 12.5 Å². The molecular formula is C31H31N3O5S. The molecule has 0 radical (unpaired) electrons. The first-order valence-electron chi connectivity index (χ1n) is 13.1. The van der Waals surface area contributed by atoms with Gasteiger partial charge in [-0.25, -0.2) is 0 Å². The zero-order valence-corrected chi connectivity index (χ0v) is 23.4. The first-order valence-corrected chi connectivity index (χ1v) is 14.0. The lowest BCUT2D eigenvalue weighted by molar-refractivity contribution is 0.0917. The summed E-state index contributed by atoms with van der Waals surface area (Å²) in [5.41, 5.74) is 6.37. The topological polar surface area (TPSA) is 97.7 Å². The molecule has 0 fully saturated rings. The van der Waals surface area contributed by atoms with Crippen LogP contribution in [0.25, 0.3) is 32.7 Å². The van der Waals surface area contributed by atoms with Gasteiger partial charge in [-0.3, -0.25) is 4.79 Å². The third-order valence-corrected chi connectivity index (χ3v) is 8.46. The van der Waals surface area contributed by atoms with Gasteiger partial charge in [0.25, 0.3) is 5.91 Å². The van der Waals surface area contributed by atoms with E-state index in [9.17, 15) is 9.90 Å². The third kappa shape index (κ3) is 4.31. The van der Waals surface area contributed by atoms with Crippen molar-refractivity contribution in [2.45, 2.75) is 25.4 Å². The highest BCUT2D eigenvalue weighted by molar-refractivity contribution is 7.13. The molecule has 3 N–H and O–H groups in total. The molecule has 2 aromatic carbocycles. The normalized spacial score (nSPS) is 13.0. The van der Waals surface area contributed by atoms with Crippen molar-refractivity contribution < 1.29 is 24.1 Å². The monoisotopic (exact) mass is 557 g/mol. The van der Waals surface area contributed by atoms with E-state index in [4.69, 9.17) is 14.2 Å². The standard InChI is InChI=1S/C31H31N3O5S/c1-37-26-15-22-21(29(38-2)30(26)39-3)10-11-34-25(22)14-23(28(34)27-9-6-12-40-27)31(36)33-19(17-35)13-18-16-32-24-8-5-4-7-20(18)24/h4-9,12,14-16,19,32,35H,10-11,13,17H2,1-3H3,(H,33,36). The van der Waals surface area contributed by atoms with Crippen LogP contribution >= 0.6 is 11.3 Å². The number of aliphatic hydroxyl groups excluding tert-OH is 1. The molecule has 1 unspecified atom stereocenters. The van der Waals surface area contributed by atoms with Gasteiger partial charge in [0.05, 0.1) is 50.1 Å². The lowest BCUT2D eigenvalue weighted by Gasteiger charge is -2.25. The van der Waals surface area contributed by atoms with Gasteiger partial charge < -0.3 is 34.2 Å². The van der Waals surface area contributed by atoms with E-state index in [0.29, 0.717) is 42.2 Å². The summed E-state index contributed by atoms with van der Waals surface area (Å²) < 4.78 is 19.2. The number of amides is 1. The molecule has 1 amide bonds. The number of aromatic amines is 1. The molecule has 0 saturated heterocycles. The fourth-order valence-corrected chi connectivity index (χ4v) is 6.56. The summed E-state index contributed by atoms with van der Waals surface area (Å²) in [5, 5.41) is 16.4. The van der Waals surface area contributed by atoms with E-state index < -0.39 is 6.04 Å². The fourth-order valence-electron chi connectivity index (χ4n) is 5.76. The molecule has 6 rings (SSSR count). The number of benzene rings is 2. The molecule has 4 heterocycles. The van der Waals surface area contributed by atoms with Gasteiger partial charge in [-0.15, -0.1) is 11.3 Å². The van der Waals surface area contributed by atoms with E-state index in [1.807, 2.05) is 60.1 Å². The Morgan fingerprint density at radius 3 is 2.65 bits per heavy atom. The number of methoxy groups -OCH3 is 3. The maximum absolute atomic E-state index is 13.9. The number of ether oxygens (including phenoxy) is 3. The fraction of sp³-hybridized carbons (Fsp3) is 0.258. The van der Waals surface area contributed by atoms with E-state index in [2.05, 4.69) is 14.9 Å². The predicted octanol–water partition coefficient (Wildman–Crippen LogP) is 5.28. The Morgan fingerprint density at radius 1 is 1.10 bits per heavy atom. The van der Waals surface area contributed by atoms with Crippen molar-refractivity contribution in [3.05, 3.63) is 76.8 Å². The molecule has 5 aromatic rings. The van der Waals surface area contributed by atoms with Crippen LogP contribution in [-0.4, -0.2) is 54.5 Å². The Bertz CT molecular complexity index is 1690. The van der Waals surface area contributed by atoms with Gasteiger partial charge >= 0.3 is 0 Å². The van der Waals surface area contributed by atoms with Crippen LogP contribution in [0.2, 0.25) is 0 Å². The predicted molar refractivity (Wildman–Crippen MR) is 157 cm³/mol. The van der Waals surface area contributed by atoms with Crippen LogP contribution in [0.4, 0.5) is 0 Å². The van der Waals surface area contributed by atoms with Crippen molar-refractivity contribution in [2.24, 2.45) is 0 Å². The lowest BCUT2D eigenvalue weighted by Crippen LogP contribution is -2.39. The Hall–Kier alpha value is -4.21. The average Bonchev–Trinajstić information content (AvgIpc) is 3.74. The van der Waals surface area contributed by atoms with Crippen molar-refractivity contribution >= 4 is 28.1 Å². The van der Waals surface area contributed by atoms with Gasteiger partial charge in [0, 0.05) is 40.5 Å². The third-order valence-electron chi connectivity index (χ3n) is 7.59. The molecule has 0 aliphatic carbocycles. The molecule has 8 nitrogen and oxygen atoms in total.